The van der Waals surface area contributed by atoms with Crippen molar-refractivity contribution in [3.63, 3.8) is 0 Å². The van der Waals surface area contributed by atoms with Crippen LogP contribution in [0.3, 0.4) is 0 Å². The van der Waals surface area contributed by atoms with Gasteiger partial charge in [-0.2, -0.15) is 0 Å². The molecule has 0 aliphatic carbocycles. The second-order valence-corrected chi connectivity index (χ2v) is 11.7. The summed E-state index contributed by atoms with van der Waals surface area (Å²) in [5.74, 6) is -2.92. The molecule has 0 bridgehead atoms. The van der Waals surface area contributed by atoms with Gasteiger partial charge in [-0.1, -0.05) is 35.5 Å². The Balaban J connectivity index is 1.75. The van der Waals surface area contributed by atoms with E-state index in [9.17, 15) is 23.5 Å². The first kappa shape index (κ1) is 29.7. The Kier molecular flexibility index (Phi) is 8.65. The summed E-state index contributed by atoms with van der Waals surface area (Å²) in [5.41, 5.74) is -0.160. The van der Waals surface area contributed by atoms with Gasteiger partial charge in [-0.05, 0) is 72.8 Å². The van der Waals surface area contributed by atoms with E-state index in [2.05, 4.69) is 26.4 Å². The standard InChI is InChI=1S/C29H32BrF2N3O5/c1-17(36)33-13-11-18-7-5-6-8-20(18)25-24(30)26(40-34-25)21-16-35(27(37)39-28(2,3)4)14-12-29(21,38)19-9-10-22(31)23(32)15-19/h5-10,15,21,38H,11-14,16H2,1-4H3,(H,33,36)/t21-,29+/m1/s1. The number of carbonyl (C=O) groups is 2. The zero-order valence-electron chi connectivity index (χ0n) is 22.8. The Bertz CT molecular complexity index is 1410. The minimum absolute atomic E-state index is 0.0117. The number of aliphatic hydroxyl groups is 1. The third-order valence-electron chi connectivity index (χ3n) is 6.83. The van der Waals surface area contributed by atoms with Gasteiger partial charge < -0.3 is 24.6 Å². The van der Waals surface area contributed by atoms with Gasteiger partial charge >= 0.3 is 6.09 Å². The Morgan fingerprint density at radius 1 is 1.23 bits per heavy atom. The van der Waals surface area contributed by atoms with E-state index in [-0.39, 0.29) is 36.7 Å². The second kappa shape index (κ2) is 11.7. The molecule has 40 heavy (non-hydrogen) atoms. The largest absolute Gasteiger partial charge is 0.444 e. The first-order chi connectivity index (χ1) is 18.8. The number of piperidine rings is 1. The fourth-order valence-corrected chi connectivity index (χ4v) is 5.50. The predicted octanol–water partition coefficient (Wildman–Crippen LogP) is 5.67. The molecule has 1 aliphatic heterocycles. The van der Waals surface area contributed by atoms with Gasteiger partial charge in [0.2, 0.25) is 5.91 Å². The molecular formula is C29H32BrF2N3O5. The van der Waals surface area contributed by atoms with Crippen molar-refractivity contribution >= 4 is 27.9 Å². The van der Waals surface area contributed by atoms with Crippen LogP contribution in [0.1, 0.15) is 56.9 Å². The maximum atomic E-state index is 14.3. The van der Waals surface area contributed by atoms with Crippen molar-refractivity contribution in [3.8, 4) is 11.3 Å². The van der Waals surface area contributed by atoms with Gasteiger partial charge in [-0.15, -0.1) is 0 Å². The first-order valence-electron chi connectivity index (χ1n) is 12.9. The van der Waals surface area contributed by atoms with Crippen LogP contribution < -0.4 is 5.32 Å². The lowest BCUT2D eigenvalue weighted by Gasteiger charge is -2.44. The normalized spacial score (nSPS) is 19.4. The molecule has 3 aromatic rings. The number of rotatable bonds is 6. The van der Waals surface area contributed by atoms with Crippen LogP contribution in [0.25, 0.3) is 11.3 Å². The smallest absolute Gasteiger partial charge is 0.410 e. The van der Waals surface area contributed by atoms with E-state index < -0.39 is 34.8 Å². The third kappa shape index (κ3) is 6.36. The van der Waals surface area contributed by atoms with Gasteiger partial charge in [0.15, 0.2) is 17.4 Å². The third-order valence-corrected chi connectivity index (χ3v) is 7.60. The van der Waals surface area contributed by atoms with E-state index in [0.29, 0.717) is 23.1 Å². The summed E-state index contributed by atoms with van der Waals surface area (Å²) < 4.78 is 39.9. The number of likely N-dealkylation sites (tertiary alicyclic amines) is 1. The number of nitrogens with one attached hydrogen (secondary N) is 1. The fourth-order valence-electron chi connectivity index (χ4n) is 4.86. The molecule has 214 valence electrons. The van der Waals surface area contributed by atoms with Crippen LogP contribution in [0.5, 0.6) is 0 Å². The van der Waals surface area contributed by atoms with Crippen LogP contribution in [-0.2, 0) is 21.6 Å². The second-order valence-electron chi connectivity index (χ2n) is 10.9. The summed E-state index contributed by atoms with van der Waals surface area (Å²) in [5, 5.41) is 19.1. The van der Waals surface area contributed by atoms with E-state index in [1.165, 1.54) is 17.9 Å². The molecule has 0 radical (unpaired) electrons. The number of aromatic nitrogens is 1. The van der Waals surface area contributed by atoms with Crippen LogP contribution in [0, 0.1) is 11.6 Å². The SMILES string of the molecule is CC(=O)NCCc1ccccc1-c1noc([C@H]2CN(C(=O)OC(C)(C)C)CC[C@]2(O)c2ccc(F)c(F)c2)c1Br. The van der Waals surface area contributed by atoms with Gasteiger partial charge in [-0.25, -0.2) is 13.6 Å². The monoisotopic (exact) mass is 619 g/mol. The summed E-state index contributed by atoms with van der Waals surface area (Å²) in [6.45, 7) is 7.24. The molecule has 4 rings (SSSR count). The maximum Gasteiger partial charge on any atom is 0.410 e. The molecule has 1 saturated heterocycles. The summed E-state index contributed by atoms with van der Waals surface area (Å²) in [7, 11) is 0. The molecule has 1 aromatic heterocycles. The minimum atomic E-state index is -1.71. The highest BCUT2D eigenvalue weighted by Crippen LogP contribution is 2.48. The lowest BCUT2D eigenvalue weighted by molar-refractivity contribution is -0.118. The Morgan fingerprint density at radius 2 is 1.95 bits per heavy atom. The zero-order valence-corrected chi connectivity index (χ0v) is 24.3. The minimum Gasteiger partial charge on any atom is -0.444 e. The molecule has 1 aliphatic rings. The van der Waals surface area contributed by atoms with Crippen molar-refractivity contribution in [1.29, 1.82) is 0 Å². The number of hydrogen-bond donors (Lipinski definition) is 2. The van der Waals surface area contributed by atoms with E-state index >= 15 is 0 Å². The molecule has 0 saturated carbocycles. The molecule has 8 nitrogen and oxygen atoms in total. The summed E-state index contributed by atoms with van der Waals surface area (Å²) >= 11 is 3.60. The molecule has 2 atom stereocenters. The molecule has 0 unspecified atom stereocenters. The molecule has 1 fully saturated rings. The average Bonchev–Trinajstić information content (AvgIpc) is 3.25. The number of nitrogens with zero attached hydrogens (tertiary/aromatic N) is 2. The Hall–Kier alpha value is -3.31. The molecule has 2 heterocycles. The van der Waals surface area contributed by atoms with E-state index in [0.717, 1.165) is 23.3 Å². The van der Waals surface area contributed by atoms with E-state index in [1.54, 1.807) is 20.8 Å². The number of amides is 2. The van der Waals surface area contributed by atoms with Crippen molar-refractivity contribution in [2.45, 2.75) is 57.7 Å². The molecule has 0 spiro atoms. The van der Waals surface area contributed by atoms with Gasteiger partial charge in [-0.3, -0.25) is 4.79 Å². The zero-order chi connectivity index (χ0) is 29.2. The number of ether oxygens (including phenoxy) is 1. The predicted molar refractivity (Wildman–Crippen MR) is 147 cm³/mol. The van der Waals surface area contributed by atoms with Gasteiger partial charge in [0.25, 0.3) is 0 Å². The van der Waals surface area contributed by atoms with Crippen LogP contribution in [0.4, 0.5) is 13.6 Å². The van der Waals surface area contributed by atoms with Crippen LogP contribution in [0.2, 0.25) is 0 Å². The van der Waals surface area contributed by atoms with Crippen LogP contribution in [-0.4, -0.2) is 52.4 Å². The van der Waals surface area contributed by atoms with Crippen molar-refractivity contribution in [3.05, 3.63) is 75.5 Å². The van der Waals surface area contributed by atoms with E-state index in [1.807, 2.05) is 24.3 Å². The highest BCUT2D eigenvalue weighted by molar-refractivity contribution is 9.10. The molecule has 2 aromatic carbocycles. The number of benzene rings is 2. The van der Waals surface area contributed by atoms with Crippen LogP contribution in [0.15, 0.2) is 51.5 Å². The topological polar surface area (TPSA) is 105 Å². The van der Waals surface area contributed by atoms with Crippen molar-refractivity contribution in [2.24, 2.45) is 0 Å². The van der Waals surface area contributed by atoms with Gasteiger partial charge in [0, 0.05) is 32.1 Å². The highest BCUT2D eigenvalue weighted by atomic mass is 79.9. The molecule has 2 N–H and O–H groups in total. The molecular weight excluding hydrogens is 588 g/mol. The van der Waals surface area contributed by atoms with Crippen LogP contribution >= 0.6 is 15.9 Å². The summed E-state index contributed by atoms with van der Waals surface area (Å²) in [6.07, 6.45) is -0.0134. The maximum absolute atomic E-state index is 14.3. The quantitative estimate of drug-likeness (QED) is 0.368. The van der Waals surface area contributed by atoms with Crippen molar-refractivity contribution < 1.29 is 32.7 Å². The number of carbonyl (C=O) groups excluding carboxylic acids is 2. The summed E-state index contributed by atoms with van der Waals surface area (Å²) in [6, 6.07) is 10.8. The molecule has 11 heteroatoms. The first-order valence-corrected chi connectivity index (χ1v) is 13.7. The number of halogens is 3. The highest BCUT2D eigenvalue weighted by Gasteiger charge is 2.49. The van der Waals surface area contributed by atoms with Crippen molar-refractivity contribution in [1.82, 2.24) is 15.4 Å². The van der Waals surface area contributed by atoms with Gasteiger partial charge in [0.05, 0.1) is 10.4 Å². The lowest BCUT2D eigenvalue weighted by atomic mass is 9.74. The summed E-state index contributed by atoms with van der Waals surface area (Å²) in [4.78, 5) is 25.8. The Morgan fingerprint density at radius 3 is 2.62 bits per heavy atom. The lowest BCUT2D eigenvalue weighted by Crippen LogP contribution is -2.51. The Labute approximate surface area is 239 Å². The average molecular weight is 620 g/mol. The molecule has 2 amide bonds. The van der Waals surface area contributed by atoms with E-state index in [4.69, 9.17) is 9.26 Å². The van der Waals surface area contributed by atoms with Gasteiger partial charge in [0.1, 0.15) is 16.9 Å². The fraction of sp³-hybridized carbons (Fsp3) is 0.414. The van der Waals surface area contributed by atoms with Crippen molar-refractivity contribution in [2.75, 3.05) is 19.6 Å². The number of hydrogen-bond acceptors (Lipinski definition) is 6.